The summed E-state index contributed by atoms with van der Waals surface area (Å²) < 4.78 is 10.8. The molecule has 0 bridgehead atoms. The highest BCUT2D eigenvalue weighted by atomic mass is 32.1. The highest BCUT2D eigenvalue weighted by molar-refractivity contribution is 7.13. The molecule has 0 spiro atoms. The van der Waals surface area contributed by atoms with Gasteiger partial charge < -0.3 is 30.6 Å². The van der Waals surface area contributed by atoms with Crippen LogP contribution >= 0.6 is 11.3 Å². The summed E-state index contributed by atoms with van der Waals surface area (Å²) in [4.78, 5) is 23.7. The number of carboxylic acid groups (broad SMARTS) is 1. The molecule has 1 aliphatic heterocycles. The predicted molar refractivity (Wildman–Crippen MR) is 93.5 cm³/mol. The van der Waals surface area contributed by atoms with Crippen LogP contribution < -0.4 is 15.8 Å². The average Bonchev–Trinajstić information content (AvgIpc) is 2.97. The summed E-state index contributed by atoms with van der Waals surface area (Å²) in [5.74, 6) is -1.72. The number of aliphatic carboxylic acids is 1. The summed E-state index contributed by atoms with van der Waals surface area (Å²) in [7, 11) is -1.19. The Morgan fingerprint density at radius 2 is 2.24 bits per heavy atom. The average molecular weight is 370 g/mol. The van der Waals surface area contributed by atoms with Crippen LogP contribution in [0, 0.1) is 0 Å². The number of nitrogens with two attached hydrogens (primary N) is 1. The molecule has 1 fully saturated rings. The van der Waals surface area contributed by atoms with Crippen LogP contribution in [0.4, 0.5) is 0 Å². The third kappa shape index (κ3) is 6.66. The fraction of sp³-hybridized carbons (Fsp3) is 0.600. The van der Waals surface area contributed by atoms with Crippen LogP contribution in [0.5, 0.6) is 5.06 Å². The molecule has 138 valence electrons. The minimum Gasteiger partial charge on any atom is -0.484 e. The van der Waals surface area contributed by atoms with Crippen molar-refractivity contribution in [3.05, 3.63) is 17.0 Å². The molecule has 0 unspecified atom stereocenters. The van der Waals surface area contributed by atoms with Crippen LogP contribution in [-0.2, 0) is 20.7 Å². The first kappa shape index (κ1) is 19.7. The van der Waals surface area contributed by atoms with Crippen molar-refractivity contribution in [1.82, 2.24) is 5.32 Å². The van der Waals surface area contributed by atoms with E-state index in [0.717, 1.165) is 16.4 Å². The Kier molecular flexibility index (Phi) is 7.69. The number of hydrogen-bond donors (Lipinski definition) is 4. The summed E-state index contributed by atoms with van der Waals surface area (Å²) in [6, 6.07) is 3.65. The van der Waals surface area contributed by atoms with Crippen molar-refractivity contribution in [3.63, 3.8) is 0 Å². The van der Waals surface area contributed by atoms with Gasteiger partial charge in [-0.2, -0.15) is 0 Å². The number of thiophene rings is 1. The van der Waals surface area contributed by atoms with Gasteiger partial charge in [0, 0.05) is 4.88 Å². The number of nitrogens with one attached hydrogen (secondary N) is 1. The monoisotopic (exact) mass is 370 g/mol. The fourth-order valence-electron chi connectivity index (χ4n) is 2.56. The summed E-state index contributed by atoms with van der Waals surface area (Å²) in [6.45, 7) is 1.12. The van der Waals surface area contributed by atoms with E-state index in [1.165, 1.54) is 11.3 Å². The van der Waals surface area contributed by atoms with Crippen molar-refractivity contribution in [3.8, 4) is 5.06 Å². The lowest BCUT2D eigenvalue weighted by Gasteiger charge is -2.30. The highest BCUT2D eigenvalue weighted by Crippen LogP contribution is 2.25. The van der Waals surface area contributed by atoms with Gasteiger partial charge in [0.05, 0.1) is 31.5 Å². The van der Waals surface area contributed by atoms with Gasteiger partial charge in [-0.25, -0.2) is 0 Å². The topological polar surface area (TPSA) is 131 Å². The molecule has 1 saturated heterocycles. The van der Waals surface area contributed by atoms with Crippen molar-refractivity contribution in [1.29, 1.82) is 0 Å². The first-order valence-electron chi connectivity index (χ1n) is 8.24. The number of ether oxygens (including phenoxy) is 1. The van der Waals surface area contributed by atoms with Crippen LogP contribution in [0.3, 0.4) is 0 Å². The maximum Gasteiger partial charge on any atom is 0.478 e. The van der Waals surface area contributed by atoms with Gasteiger partial charge in [-0.1, -0.05) is 0 Å². The second-order valence-electron chi connectivity index (χ2n) is 5.89. The van der Waals surface area contributed by atoms with Crippen LogP contribution in [-0.4, -0.2) is 54.3 Å². The van der Waals surface area contributed by atoms with E-state index in [0.29, 0.717) is 26.0 Å². The number of rotatable bonds is 9. The van der Waals surface area contributed by atoms with E-state index in [1.807, 2.05) is 12.1 Å². The van der Waals surface area contributed by atoms with E-state index in [9.17, 15) is 14.6 Å². The molecule has 10 heteroatoms. The van der Waals surface area contributed by atoms with Crippen molar-refractivity contribution in [2.75, 3.05) is 13.2 Å². The second-order valence-corrected chi connectivity index (χ2v) is 7.02. The SMILES string of the molecule is NCCCOc1ccc(CC(=O)N[C@H]2CC[C@@H](CC(=O)O)OB2O)s1. The van der Waals surface area contributed by atoms with Crippen molar-refractivity contribution in [2.45, 2.75) is 44.1 Å². The van der Waals surface area contributed by atoms with Gasteiger partial charge in [-0.3, -0.25) is 9.59 Å². The Morgan fingerprint density at radius 3 is 2.92 bits per heavy atom. The van der Waals surface area contributed by atoms with E-state index >= 15 is 0 Å². The first-order chi connectivity index (χ1) is 12.0. The standard InChI is InChI=1S/C15H23BN2O6S/c17-6-1-7-23-15-5-3-11(25-15)9-13(19)18-12-4-2-10(8-14(20)21)24-16(12)22/h3,5,10,12,22H,1-2,4,6-9,17H2,(H,18,19)(H,20,21)/t10-,12-/m0/s1. The number of carboxylic acids is 1. The molecule has 1 aromatic heterocycles. The van der Waals surface area contributed by atoms with Gasteiger partial charge >= 0.3 is 13.1 Å². The zero-order valence-corrected chi connectivity index (χ0v) is 14.7. The molecule has 1 aromatic rings. The van der Waals surface area contributed by atoms with Crippen molar-refractivity contribution >= 4 is 30.3 Å². The molecule has 0 aliphatic carbocycles. The Hall–Kier alpha value is -1.62. The molecule has 1 amide bonds. The van der Waals surface area contributed by atoms with Gasteiger partial charge in [0.15, 0.2) is 5.06 Å². The molecule has 5 N–H and O–H groups in total. The quantitative estimate of drug-likeness (QED) is 0.360. The van der Waals surface area contributed by atoms with Crippen LogP contribution in [0.25, 0.3) is 0 Å². The molecular formula is C15H23BN2O6S. The number of carbonyl (C=O) groups excluding carboxylic acids is 1. The van der Waals surface area contributed by atoms with E-state index in [1.54, 1.807) is 0 Å². The molecule has 2 heterocycles. The third-order valence-electron chi connectivity index (χ3n) is 3.79. The maximum absolute atomic E-state index is 12.1. The van der Waals surface area contributed by atoms with Crippen LogP contribution in [0.15, 0.2) is 12.1 Å². The van der Waals surface area contributed by atoms with Crippen molar-refractivity contribution in [2.24, 2.45) is 5.73 Å². The van der Waals surface area contributed by atoms with Crippen LogP contribution in [0.2, 0.25) is 0 Å². The summed E-state index contributed by atoms with van der Waals surface area (Å²) in [6.07, 6.45) is 1.24. The highest BCUT2D eigenvalue weighted by Gasteiger charge is 2.36. The molecule has 8 nitrogen and oxygen atoms in total. The Balaban J connectivity index is 1.76. The van der Waals surface area contributed by atoms with Gasteiger partial charge in [0.25, 0.3) is 0 Å². The molecule has 1 aliphatic rings. The number of carbonyl (C=O) groups is 2. The Morgan fingerprint density at radius 1 is 1.44 bits per heavy atom. The smallest absolute Gasteiger partial charge is 0.478 e. The van der Waals surface area contributed by atoms with Gasteiger partial charge in [-0.05, 0) is 37.9 Å². The molecule has 0 aromatic carbocycles. The summed E-state index contributed by atoms with van der Waals surface area (Å²) >= 11 is 1.40. The Labute approximate surface area is 150 Å². The third-order valence-corrected chi connectivity index (χ3v) is 4.79. The molecule has 2 rings (SSSR count). The van der Waals surface area contributed by atoms with E-state index in [-0.39, 0.29) is 18.7 Å². The largest absolute Gasteiger partial charge is 0.484 e. The molecule has 0 saturated carbocycles. The molecule has 25 heavy (non-hydrogen) atoms. The fourth-order valence-corrected chi connectivity index (χ4v) is 3.44. The zero-order chi connectivity index (χ0) is 18.2. The van der Waals surface area contributed by atoms with Crippen molar-refractivity contribution < 1.29 is 29.1 Å². The van der Waals surface area contributed by atoms with E-state index in [2.05, 4.69) is 5.32 Å². The zero-order valence-electron chi connectivity index (χ0n) is 13.8. The molecular weight excluding hydrogens is 347 g/mol. The lowest BCUT2D eigenvalue weighted by molar-refractivity contribution is -0.139. The van der Waals surface area contributed by atoms with E-state index < -0.39 is 25.1 Å². The maximum atomic E-state index is 12.1. The number of amides is 1. The molecule has 2 atom stereocenters. The van der Waals surface area contributed by atoms with Gasteiger partial charge in [-0.15, -0.1) is 11.3 Å². The molecule has 0 radical (unpaired) electrons. The van der Waals surface area contributed by atoms with Crippen LogP contribution in [0.1, 0.15) is 30.6 Å². The summed E-state index contributed by atoms with van der Waals surface area (Å²) in [5.41, 5.74) is 5.41. The minimum absolute atomic E-state index is 0.153. The lowest BCUT2D eigenvalue weighted by Crippen LogP contribution is -2.53. The van der Waals surface area contributed by atoms with Gasteiger partial charge in [0.1, 0.15) is 0 Å². The number of hydrogen-bond acceptors (Lipinski definition) is 7. The second kappa shape index (κ2) is 9.76. The first-order valence-corrected chi connectivity index (χ1v) is 9.06. The van der Waals surface area contributed by atoms with Gasteiger partial charge in [0.2, 0.25) is 5.91 Å². The predicted octanol–water partition coefficient (Wildman–Crippen LogP) is 0.176. The lowest BCUT2D eigenvalue weighted by atomic mass is 9.72. The van der Waals surface area contributed by atoms with E-state index in [4.69, 9.17) is 20.2 Å². The normalized spacial score (nSPS) is 20.3. The Bertz CT molecular complexity index is 584. The summed E-state index contributed by atoms with van der Waals surface area (Å²) in [5, 5.41) is 22.2. The minimum atomic E-state index is -1.19.